The molecule has 1 aromatic heterocycles. The number of hydrogen-bond donors (Lipinski definition) is 1. The average Bonchev–Trinajstić information content (AvgIpc) is 2.71. The summed E-state index contributed by atoms with van der Waals surface area (Å²) in [6.45, 7) is 5.43. The fourth-order valence-corrected chi connectivity index (χ4v) is 1.75. The summed E-state index contributed by atoms with van der Waals surface area (Å²) in [5.41, 5.74) is -0.107. The highest BCUT2D eigenvalue weighted by Crippen LogP contribution is 2.31. The van der Waals surface area contributed by atoms with E-state index in [0.717, 1.165) is 17.4 Å². The average molecular weight is 216 g/mol. The number of benzene rings is 1. The normalized spacial score (nSPS) is 14.9. The Balaban J connectivity index is 2.35. The summed E-state index contributed by atoms with van der Waals surface area (Å²) >= 11 is 0. The molecule has 0 fully saturated rings. The van der Waals surface area contributed by atoms with Gasteiger partial charge in [0, 0.05) is 5.39 Å². The summed E-state index contributed by atoms with van der Waals surface area (Å²) in [6.07, 6.45) is 3.19. The molecule has 0 aliphatic heterocycles. The lowest BCUT2D eigenvalue weighted by atomic mass is 9.97. The predicted octanol–water partition coefficient (Wildman–Crippen LogP) is 3.61. The van der Waals surface area contributed by atoms with E-state index in [4.69, 9.17) is 4.42 Å². The molecule has 1 N–H and O–H groups in total. The van der Waals surface area contributed by atoms with Crippen molar-refractivity contribution in [3.63, 3.8) is 0 Å². The molecular formula is C14H16O2. The van der Waals surface area contributed by atoms with Crippen LogP contribution in [0.3, 0.4) is 0 Å². The Hall–Kier alpha value is -1.54. The standard InChI is InChI=1S/C14H16O2/c1-3-4-9-14(2,15)13-10-11-7-5-6-8-12(11)16-13/h3,5-8,10,15H,1,4,9H2,2H3. The molecule has 1 unspecified atom stereocenters. The first-order chi connectivity index (χ1) is 7.63. The molecule has 1 atom stereocenters. The SMILES string of the molecule is C=CCCC(C)(O)c1cc2ccccc2o1. The maximum absolute atomic E-state index is 10.3. The molecule has 1 heterocycles. The van der Waals surface area contributed by atoms with Crippen molar-refractivity contribution in [2.75, 3.05) is 0 Å². The van der Waals surface area contributed by atoms with Gasteiger partial charge in [-0.2, -0.15) is 0 Å². The van der Waals surface area contributed by atoms with Crippen molar-refractivity contribution >= 4 is 11.0 Å². The number of furan rings is 1. The van der Waals surface area contributed by atoms with E-state index in [1.807, 2.05) is 30.3 Å². The van der Waals surface area contributed by atoms with Crippen LogP contribution in [0.15, 0.2) is 47.4 Å². The van der Waals surface area contributed by atoms with Crippen LogP contribution >= 0.6 is 0 Å². The zero-order chi connectivity index (χ0) is 11.6. The Kier molecular flexibility index (Phi) is 2.84. The van der Waals surface area contributed by atoms with Gasteiger partial charge in [0.25, 0.3) is 0 Å². The third kappa shape index (κ3) is 2.02. The first-order valence-electron chi connectivity index (χ1n) is 5.46. The van der Waals surface area contributed by atoms with E-state index in [9.17, 15) is 5.11 Å². The third-order valence-corrected chi connectivity index (χ3v) is 2.79. The largest absolute Gasteiger partial charge is 0.458 e. The third-order valence-electron chi connectivity index (χ3n) is 2.79. The monoisotopic (exact) mass is 216 g/mol. The molecule has 1 aromatic carbocycles. The number of aliphatic hydroxyl groups is 1. The van der Waals surface area contributed by atoms with Crippen LogP contribution in [0.4, 0.5) is 0 Å². The van der Waals surface area contributed by atoms with Crippen LogP contribution in [0.1, 0.15) is 25.5 Å². The van der Waals surface area contributed by atoms with Crippen molar-refractivity contribution < 1.29 is 9.52 Å². The molecule has 0 aliphatic rings. The number of hydrogen-bond acceptors (Lipinski definition) is 2. The summed E-state index contributed by atoms with van der Waals surface area (Å²) < 4.78 is 5.65. The van der Waals surface area contributed by atoms with Gasteiger partial charge >= 0.3 is 0 Å². The van der Waals surface area contributed by atoms with Crippen LogP contribution in [0.2, 0.25) is 0 Å². The number of allylic oxidation sites excluding steroid dienone is 1. The van der Waals surface area contributed by atoms with Gasteiger partial charge in [-0.25, -0.2) is 0 Å². The van der Waals surface area contributed by atoms with Gasteiger partial charge in [0.1, 0.15) is 16.9 Å². The summed E-state index contributed by atoms with van der Waals surface area (Å²) in [5, 5.41) is 11.3. The minimum atomic E-state index is -0.923. The van der Waals surface area contributed by atoms with Crippen LogP contribution in [0.5, 0.6) is 0 Å². The first-order valence-corrected chi connectivity index (χ1v) is 5.46. The van der Waals surface area contributed by atoms with Crippen molar-refractivity contribution in [3.05, 3.63) is 48.7 Å². The van der Waals surface area contributed by atoms with Gasteiger partial charge in [-0.05, 0) is 31.9 Å². The highest BCUT2D eigenvalue weighted by atomic mass is 16.4. The molecule has 16 heavy (non-hydrogen) atoms. The summed E-state index contributed by atoms with van der Waals surface area (Å²) in [7, 11) is 0. The Bertz CT molecular complexity index is 461. The molecule has 0 radical (unpaired) electrons. The van der Waals surface area contributed by atoms with E-state index >= 15 is 0 Å². The second kappa shape index (κ2) is 4.14. The maximum atomic E-state index is 10.3. The number of fused-ring (bicyclic) bond motifs is 1. The van der Waals surface area contributed by atoms with Crippen molar-refractivity contribution in [2.24, 2.45) is 0 Å². The topological polar surface area (TPSA) is 33.4 Å². The van der Waals surface area contributed by atoms with Crippen molar-refractivity contribution in [1.29, 1.82) is 0 Å². The lowest BCUT2D eigenvalue weighted by molar-refractivity contribution is 0.0278. The molecule has 0 saturated heterocycles. The van der Waals surface area contributed by atoms with E-state index in [0.29, 0.717) is 12.2 Å². The molecule has 2 nitrogen and oxygen atoms in total. The van der Waals surface area contributed by atoms with Gasteiger partial charge in [-0.1, -0.05) is 24.3 Å². The van der Waals surface area contributed by atoms with E-state index in [2.05, 4.69) is 6.58 Å². The molecule has 84 valence electrons. The van der Waals surface area contributed by atoms with E-state index in [1.165, 1.54) is 0 Å². The fraction of sp³-hybridized carbons (Fsp3) is 0.286. The Labute approximate surface area is 95.2 Å². The molecule has 0 spiro atoms. The Morgan fingerprint density at radius 3 is 2.88 bits per heavy atom. The van der Waals surface area contributed by atoms with Crippen LogP contribution in [0.25, 0.3) is 11.0 Å². The molecule has 0 saturated carbocycles. The molecule has 2 aromatic rings. The van der Waals surface area contributed by atoms with Gasteiger partial charge in [0.05, 0.1) is 0 Å². The second-order valence-corrected chi connectivity index (χ2v) is 4.25. The van der Waals surface area contributed by atoms with Gasteiger partial charge in [-0.3, -0.25) is 0 Å². The summed E-state index contributed by atoms with van der Waals surface area (Å²) in [4.78, 5) is 0. The van der Waals surface area contributed by atoms with E-state index in [-0.39, 0.29) is 0 Å². The maximum Gasteiger partial charge on any atom is 0.136 e. The molecule has 2 rings (SSSR count). The smallest absolute Gasteiger partial charge is 0.136 e. The van der Waals surface area contributed by atoms with Gasteiger partial charge in [-0.15, -0.1) is 6.58 Å². The first kappa shape index (κ1) is 11.0. The second-order valence-electron chi connectivity index (χ2n) is 4.25. The van der Waals surface area contributed by atoms with E-state index < -0.39 is 5.60 Å². The number of para-hydroxylation sites is 1. The van der Waals surface area contributed by atoms with Crippen LogP contribution in [0, 0.1) is 0 Å². The van der Waals surface area contributed by atoms with Crippen LogP contribution < -0.4 is 0 Å². The number of rotatable bonds is 4. The van der Waals surface area contributed by atoms with Crippen LogP contribution in [-0.4, -0.2) is 5.11 Å². The quantitative estimate of drug-likeness (QED) is 0.792. The molecule has 0 aliphatic carbocycles. The zero-order valence-electron chi connectivity index (χ0n) is 9.44. The predicted molar refractivity (Wildman–Crippen MR) is 65.2 cm³/mol. The molecule has 0 bridgehead atoms. The molecule has 0 amide bonds. The van der Waals surface area contributed by atoms with Gasteiger partial charge in [0.15, 0.2) is 0 Å². The minimum absolute atomic E-state index is 0.621. The van der Waals surface area contributed by atoms with Crippen molar-refractivity contribution in [2.45, 2.75) is 25.4 Å². The van der Waals surface area contributed by atoms with Crippen molar-refractivity contribution in [3.8, 4) is 0 Å². The Morgan fingerprint density at radius 1 is 1.44 bits per heavy atom. The van der Waals surface area contributed by atoms with Crippen molar-refractivity contribution in [1.82, 2.24) is 0 Å². The lowest BCUT2D eigenvalue weighted by Gasteiger charge is -2.19. The highest BCUT2D eigenvalue weighted by Gasteiger charge is 2.26. The summed E-state index contributed by atoms with van der Waals surface area (Å²) in [6, 6.07) is 9.67. The summed E-state index contributed by atoms with van der Waals surface area (Å²) in [5.74, 6) is 0.621. The fourth-order valence-electron chi connectivity index (χ4n) is 1.75. The van der Waals surface area contributed by atoms with Crippen LogP contribution in [-0.2, 0) is 5.60 Å². The Morgan fingerprint density at radius 2 is 2.19 bits per heavy atom. The molecular weight excluding hydrogens is 200 g/mol. The minimum Gasteiger partial charge on any atom is -0.458 e. The lowest BCUT2D eigenvalue weighted by Crippen LogP contribution is -2.19. The van der Waals surface area contributed by atoms with Gasteiger partial charge < -0.3 is 9.52 Å². The zero-order valence-corrected chi connectivity index (χ0v) is 9.44. The molecule has 2 heteroatoms. The van der Waals surface area contributed by atoms with Gasteiger partial charge in [0.2, 0.25) is 0 Å². The highest BCUT2D eigenvalue weighted by molar-refractivity contribution is 5.77. The van der Waals surface area contributed by atoms with E-state index in [1.54, 1.807) is 13.0 Å².